The first-order valence-corrected chi connectivity index (χ1v) is 17.3. The van der Waals surface area contributed by atoms with Gasteiger partial charge < -0.3 is 66.9 Å². The topological polar surface area (TPSA) is 300 Å². The van der Waals surface area contributed by atoms with Gasteiger partial charge in [0.05, 0.1) is 63.6 Å². The summed E-state index contributed by atoms with van der Waals surface area (Å²) in [5, 5.41) is 90.6. The average molecular weight is 762 g/mol. The van der Waals surface area contributed by atoms with Gasteiger partial charge >= 0.3 is 0 Å². The van der Waals surface area contributed by atoms with E-state index in [0.29, 0.717) is 17.7 Å². The SMILES string of the molecule is C[C@@H](O)[C@H](NC(=O)C[C@H](O)C[C@H](O)[C@@H]1COC(c2ccccc2O)=N1)C(=O)N[C@H](CO)C(=O)N[C@@H](CO)C(=O)N[C@H]1Cc2cc(O)c(O)cc2[N+](C)(C)C1. The summed E-state index contributed by atoms with van der Waals surface area (Å²) in [6.07, 6.45) is -4.80. The van der Waals surface area contributed by atoms with Crippen LogP contribution >= 0.6 is 0 Å². The Morgan fingerprint density at radius 3 is 2.17 bits per heavy atom. The number of aliphatic imine (C=N–C) groups is 1. The van der Waals surface area contributed by atoms with Crippen LogP contribution in [0.4, 0.5) is 5.69 Å². The number of likely N-dealkylation sites (N-methyl/N-ethyl adjacent to an activating group) is 1. The minimum absolute atomic E-state index is 0.0382. The molecule has 2 heterocycles. The van der Waals surface area contributed by atoms with E-state index in [0.717, 1.165) is 5.69 Å². The summed E-state index contributed by atoms with van der Waals surface area (Å²) in [6, 6.07) is 3.03. The molecule has 0 spiro atoms. The van der Waals surface area contributed by atoms with Crippen LogP contribution in [-0.4, -0.2) is 159 Å². The van der Waals surface area contributed by atoms with Crippen molar-refractivity contribution in [1.82, 2.24) is 25.8 Å². The average Bonchev–Trinajstić information content (AvgIpc) is 3.59. The lowest BCUT2D eigenvalue weighted by Crippen LogP contribution is -2.62. The van der Waals surface area contributed by atoms with E-state index in [9.17, 15) is 60.0 Å². The van der Waals surface area contributed by atoms with Crippen LogP contribution in [0.5, 0.6) is 17.2 Å². The maximum atomic E-state index is 13.1. The van der Waals surface area contributed by atoms with E-state index in [4.69, 9.17) is 4.74 Å². The van der Waals surface area contributed by atoms with Crippen molar-refractivity contribution in [3.63, 3.8) is 0 Å². The quantitative estimate of drug-likeness (QED) is 0.0587. The number of phenols is 3. The highest BCUT2D eigenvalue weighted by Gasteiger charge is 2.38. The van der Waals surface area contributed by atoms with Gasteiger partial charge in [-0.3, -0.25) is 23.7 Å². The maximum Gasteiger partial charge on any atom is 0.245 e. The molecule has 19 nitrogen and oxygen atoms in total. The number of hydrogen-bond acceptors (Lipinski definition) is 14. The highest BCUT2D eigenvalue weighted by Crippen LogP contribution is 2.38. The van der Waals surface area contributed by atoms with Crippen LogP contribution in [0.1, 0.15) is 30.9 Å². The second-order valence-electron chi connectivity index (χ2n) is 14.0. The van der Waals surface area contributed by atoms with Gasteiger partial charge in [-0.05, 0) is 25.1 Å². The fourth-order valence-electron chi connectivity index (χ4n) is 6.39. The monoisotopic (exact) mass is 761 g/mol. The summed E-state index contributed by atoms with van der Waals surface area (Å²) >= 11 is 0. The lowest BCUT2D eigenvalue weighted by molar-refractivity contribution is -0.136. The Labute approximate surface area is 310 Å². The van der Waals surface area contributed by atoms with E-state index in [1.807, 2.05) is 14.1 Å². The molecule has 19 heteroatoms. The van der Waals surface area contributed by atoms with Crippen molar-refractivity contribution in [1.29, 1.82) is 0 Å². The summed E-state index contributed by atoms with van der Waals surface area (Å²) in [5.74, 6) is -4.37. The zero-order valence-corrected chi connectivity index (χ0v) is 30.0. The Kier molecular flexibility index (Phi) is 13.8. The van der Waals surface area contributed by atoms with Crippen molar-refractivity contribution >= 4 is 35.2 Å². The van der Waals surface area contributed by atoms with Gasteiger partial charge in [0.15, 0.2) is 11.5 Å². The summed E-state index contributed by atoms with van der Waals surface area (Å²) < 4.78 is 5.71. The number of quaternary nitrogens is 1. The molecule has 0 saturated carbocycles. The van der Waals surface area contributed by atoms with E-state index in [2.05, 4.69) is 26.3 Å². The normalized spacial score (nSPS) is 20.8. The van der Waals surface area contributed by atoms with E-state index < -0.39 is 91.8 Å². The molecule has 4 amide bonds. The molecule has 0 fully saturated rings. The third kappa shape index (κ3) is 10.3. The first-order chi connectivity index (χ1) is 25.4. The molecule has 0 saturated heterocycles. The highest BCUT2D eigenvalue weighted by atomic mass is 16.5. The Morgan fingerprint density at radius 2 is 1.52 bits per heavy atom. The molecular weight excluding hydrogens is 712 g/mol. The second-order valence-corrected chi connectivity index (χ2v) is 14.0. The molecule has 8 atom stereocenters. The lowest BCUT2D eigenvalue weighted by atomic mass is 9.95. The van der Waals surface area contributed by atoms with Crippen LogP contribution in [0.25, 0.3) is 0 Å². The minimum atomic E-state index is -1.68. The van der Waals surface area contributed by atoms with Crippen LogP contribution in [0, 0.1) is 0 Å². The molecule has 2 aromatic rings. The molecule has 0 unspecified atom stereocenters. The van der Waals surface area contributed by atoms with E-state index in [1.165, 1.54) is 25.1 Å². The Balaban J connectivity index is 1.28. The Hall–Kier alpha value is -5.05. The van der Waals surface area contributed by atoms with Crippen molar-refractivity contribution in [2.45, 2.75) is 74.7 Å². The van der Waals surface area contributed by atoms with Gasteiger partial charge in [0.25, 0.3) is 0 Å². The molecule has 12 N–H and O–H groups in total. The Bertz CT molecular complexity index is 1720. The van der Waals surface area contributed by atoms with Gasteiger partial charge in [0.2, 0.25) is 29.5 Å². The number of carbonyl (C=O) groups is 4. The van der Waals surface area contributed by atoms with Crippen LogP contribution in [0.3, 0.4) is 0 Å². The number of benzene rings is 2. The number of ether oxygens (including phenoxy) is 1. The fraction of sp³-hybridized carbons (Fsp3) is 0.514. The molecular formula is C35H49N6O13+. The molecule has 0 bridgehead atoms. The zero-order valence-electron chi connectivity index (χ0n) is 30.0. The fourth-order valence-corrected chi connectivity index (χ4v) is 6.39. The first kappa shape index (κ1) is 41.7. The number of amides is 4. The molecule has 2 aliphatic heterocycles. The number of carbonyl (C=O) groups excluding carboxylic acids is 4. The second kappa shape index (κ2) is 17.9. The number of aliphatic hydroxyl groups is 5. The van der Waals surface area contributed by atoms with Gasteiger partial charge in [0, 0.05) is 24.5 Å². The van der Waals surface area contributed by atoms with Crippen molar-refractivity contribution in [2.75, 3.05) is 40.5 Å². The molecule has 0 aromatic heterocycles. The Morgan fingerprint density at radius 1 is 0.889 bits per heavy atom. The summed E-state index contributed by atoms with van der Waals surface area (Å²) in [6.45, 7) is -0.307. The predicted octanol–water partition coefficient (Wildman–Crippen LogP) is -3.42. The molecule has 0 aliphatic carbocycles. The summed E-state index contributed by atoms with van der Waals surface area (Å²) in [4.78, 5) is 56.2. The zero-order chi connectivity index (χ0) is 39.9. The first-order valence-electron chi connectivity index (χ1n) is 17.3. The van der Waals surface area contributed by atoms with Crippen LogP contribution in [0.2, 0.25) is 0 Å². The lowest BCUT2D eigenvalue weighted by Gasteiger charge is -2.39. The van der Waals surface area contributed by atoms with Crippen molar-refractivity contribution in [3.8, 4) is 17.2 Å². The van der Waals surface area contributed by atoms with Gasteiger partial charge in [-0.1, -0.05) is 12.1 Å². The number of aliphatic hydroxyl groups excluding tert-OH is 5. The number of aromatic hydroxyl groups is 3. The third-order valence-corrected chi connectivity index (χ3v) is 9.22. The molecule has 4 rings (SSSR count). The number of nitrogens with one attached hydrogen (secondary N) is 4. The van der Waals surface area contributed by atoms with E-state index >= 15 is 0 Å². The minimum Gasteiger partial charge on any atom is -0.507 e. The van der Waals surface area contributed by atoms with E-state index in [-0.39, 0.29) is 47.1 Å². The smallest absolute Gasteiger partial charge is 0.245 e. The molecule has 2 aromatic carbocycles. The number of phenolic OH excluding ortho intramolecular Hbond substituents is 3. The van der Waals surface area contributed by atoms with Crippen LogP contribution in [-0.2, 0) is 30.3 Å². The molecule has 296 valence electrons. The van der Waals surface area contributed by atoms with Crippen molar-refractivity contribution in [2.24, 2.45) is 4.99 Å². The molecule has 2 aliphatic rings. The largest absolute Gasteiger partial charge is 0.507 e. The molecule has 0 radical (unpaired) electrons. The van der Waals surface area contributed by atoms with Gasteiger partial charge in [-0.2, -0.15) is 0 Å². The van der Waals surface area contributed by atoms with Gasteiger partial charge in [-0.25, -0.2) is 4.99 Å². The number of nitrogens with zero attached hydrogens (tertiary/aromatic N) is 2. The van der Waals surface area contributed by atoms with Crippen molar-refractivity contribution in [3.05, 3.63) is 47.5 Å². The predicted molar refractivity (Wildman–Crippen MR) is 191 cm³/mol. The highest BCUT2D eigenvalue weighted by molar-refractivity contribution is 5.97. The van der Waals surface area contributed by atoms with E-state index in [1.54, 1.807) is 18.2 Å². The van der Waals surface area contributed by atoms with Crippen LogP contribution in [0.15, 0.2) is 41.4 Å². The van der Waals surface area contributed by atoms with Gasteiger partial charge in [-0.15, -0.1) is 0 Å². The number of para-hydroxylation sites is 1. The standard InChI is InChI=1S/C35H48N6O13/c1-17(44)31(40-30(50)11-20(45)10-27(47)24-16-54-35(39-24)21-6-4-5-7-26(21)46)34(53)38-23(15-43)33(52)37-22(14-42)32(51)36-19-8-18-9-28(48)29(49)12-25(18)41(2,3)13-19/h4-7,9,12,17,19-20,22-24,27,31,42-45,47H,8,10-11,13-16H2,1-3H3,(H6-,36,37,38,39,40,46,48,49,50,51,52,53)/p+1/t17-,19+,20-,22+,23-,24+,27+,31+/m1/s1. The number of hydrogen-bond donors (Lipinski definition) is 12. The number of rotatable bonds is 16. The number of fused-ring (bicyclic) bond motifs is 1. The van der Waals surface area contributed by atoms with Crippen molar-refractivity contribution < 1.29 is 64.8 Å². The summed E-state index contributed by atoms with van der Waals surface area (Å²) in [7, 11) is 3.67. The maximum absolute atomic E-state index is 13.1. The summed E-state index contributed by atoms with van der Waals surface area (Å²) in [5.41, 5.74) is 1.73. The molecule has 54 heavy (non-hydrogen) atoms. The third-order valence-electron chi connectivity index (χ3n) is 9.22. The van der Waals surface area contributed by atoms with Gasteiger partial charge in [0.1, 0.15) is 48.8 Å². The van der Waals surface area contributed by atoms with Crippen LogP contribution < -0.4 is 25.8 Å².